The summed E-state index contributed by atoms with van der Waals surface area (Å²) in [6.07, 6.45) is 1.79. The van der Waals surface area contributed by atoms with Gasteiger partial charge in [-0.3, -0.25) is 0 Å². The van der Waals surface area contributed by atoms with Gasteiger partial charge in [-0.25, -0.2) is 0 Å². The highest BCUT2D eigenvalue weighted by Crippen LogP contribution is 2.25. The smallest absolute Gasteiger partial charge is 0.229 e. The molecule has 0 bridgehead atoms. The number of hydrogen-bond acceptors (Lipinski definition) is 4. The molecule has 3 rings (SSSR count). The van der Waals surface area contributed by atoms with Crippen molar-refractivity contribution in [3.05, 3.63) is 47.6 Å². The van der Waals surface area contributed by atoms with Crippen molar-refractivity contribution >= 4 is 0 Å². The summed E-state index contributed by atoms with van der Waals surface area (Å²) in [5.74, 6) is 2.61. The summed E-state index contributed by atoms with van der Waals surface area (Å²) in [7, 11) is 0. The Hall–Kier alpha value is -1.68. The van der Waals surface area contributed by atoms with E-state index in [-0.39, 0.29) is 0 Å². The van der Waals surface area contributed by atoms with E-state index in [0.29, 0.717) is 11.8 Å². The van der Waals surface area contributed by atoms with Gasteiger partial charge in [0, 0.05) is 12.3 Å². The van der Waals surface area contributed by atoms with Crippen molar-refractivity contribution in [3.8, 4) is 0 Å². The van der Waals surface area contributed by atoms with E-state index in [9.17, 15) is 0 Å². The summed E-state index contributed by atoms with van der Waals surface area (Å²) in [5, 5.41) is 7.36. The Morgan fingerprint density at radius 3 is 2.74 bits per heavy atom. The van der Waals surface area contributed by atoms with Gasteiger partial charge in [0.05, 0.1) is 0 Å². The van der Waals surface area contributed by atoms with E-state index in [1.54, 1.807) is 0 Å². The number of aryl methyl sites for hydroxylation is 2. The average Bonchev–Trinajstić information content (AvgIpc) is 2.84. The second-order valence-corrected chi connectivity index (χ2v) is 5.24. The highest BCUT2D eigenvalue weighted by Gasteiger charge is 2.28. The molecule has 0 aliphatic carbocycles. The van der Waals surface area contributed by atoms with Crippen molar-refractivity contribution in [3.63, 3.8) is 0 Å². The quantitative estimate of drug-likeness (QED) is 0.892. The Bertz CT molecular complexity index is 519. The Balaban J connectivity index is 1.58. The monoisotopic (exact) mass is 257 g/mol. The van der Waals surface area contributed by atoms with Gasteiger partial charge in [-0.15, -0.1) is 0 Å². The molecular weight excluding hydrogens is 238 g/mol. The maximum Gasteiger partial charge on any atom is 0.229 e. The number of hydrogen-bond donors (Lipinski definition) is 1. The molecule has 0 saturated carbocycles. The van der Waals surface area contributed by atoms with Crippen molar-refractivity contribution in [2.45, 2.75) is 25.7 Å². The minimum Gasteiger partial charge on any atom is -0.339 e. The molecule has 1 aromatic heterocycles. The van der Waals surface area contributed by atoms with Crippen molar-refractivity contribution in [2.24, 2.45) is 5.92 Å². The minimum atomic E-state index is 0.360. The summed E-state index contributed by atoms with van der Waals surface area (Å²) >= 11 is 0. The van der Waals surface area contributed by atoms with Gasteiger partial charge in [-0.2, -0.15) is 4.98 Å². The number of rotatable bonds is 5. The largest absolute Gasteiger partial charge is 0.339 e. The van der Waals surface area contributed by atoms with Crippen LogP contribution in [0.1, 0.15) is 30.1 Å². The van der Waals surface area contributed by atoms with E-state index < -0.39 is 0 Å². The molecule has 4 nitrogen and oxygen atoms in total. The van der Waals surface area contributed by atoms with Crippen molar-refractivity contribution in [1.82, 2.24) is 15.5 Å². The summed E-state index contributed by atoms with van der Waals surface area (Å²) in [5.41, 5.74) is 1.31. The van der Waals surface area contributed by atoms with E-state index in [1.807, 2.05) is 6.07 Å². The Morgan fingerprint density at radius 2 is 2.05 bits per heavy atom. The molecule has 4 heteroatoms. The standard InChI is InChI=1S/C15H19N3O/c1-11(13-9-16-10-13)15-17-14(18-19-15)8-7-12-5-3-2-4-6-12/h2-6,11,13,16H,7-10H2,1H3. The van der Waals surface area contributed by atoms with Crippen LogP contribution in [0.2, 0.25) is 0 Å². The zero-order chi connectivity index (χ0) is 13.1. The topological polar surface area (TPSA) is 51.0 Å². The van der Waals surface area contributed by atoms with Crippen LogP contribution in [-0.2, 0) is 12.8 Å². The van der Waals surface area contributed by atoms with Crippen LogP contribution in [-0.4, -0.2) is 23.2 Å². The first-order valence-corrected chi connectivity index (χ1v) is 6.90. The highest BCUT2D eigenvalue weighted by molar-refractivity contribution is 5.15. The highest BCUT2D eigenvalue weighted by atomic mass is 16.5. The van der Waals surface area contributed by atoms with Crippen LogP contribution in [0.25, 0.3) is 0 Å². The summed E-state index contributed by atoms with van der Waals surface area (Å²) in [6, 6.07) is 10.4. The number of nitrogens with one attached hydrogen (secondary N) is 1. The molecule has 1 atom stereocenters. The second-order valence-electron chi connectivity index (χ2n) is 5.24. The predicted octanol–water partition coefficient (Wildman–Crippen LogP) is 2.18. The van der Waals surface area contributed by atoms with E-state index in [0.717, 1.165) is 37.6 Å². The lowest BCUT2D eigenvalue weighted by atomic mass is 9.89. The first-order valence-electron chi connectivity index (χ1n) is 6.90. The van der Waals surface area contributed by atoms with Gasteiger partial charge < -0.3 is 9.84 Å². The molecule has 1 saturated heterocycles. The van der Waals surface area contributed by atoms with Crippen LogP contribution in [0, 0.1) is 5.92 Å². The fourth-order valence-corrected chi connectivity index (χ4v) is 2.32. The third kappa shape index (κ3) is 2.84. The van der Waals surface area contributed by atoms with Gasteiger partial charge in [0.15, 0.2) is 5.82 Å². The SMILES string of the molecule is CC(c1nc(CCc2ccccc2)no1)C1CNC1. The lowest BCUT2D eigenvalue weighted by molar-refractivity contribution is 0.252. The number of aromatic nitrogens is 2. The molecule has 0 amide bonds. The van der Waals surface area contributed by atoms with Crippen LogP contribution in [0.15, 0.2) is 34.9 Å². The summed E-state index contributed by atoms with van der Waals surface area (Å²) < 4.78 is 5.38. The molecule has 1 N–H and O–H groups in total. The van der Waals surface area contributed by atoms with Crippen LogP contribution in [0.4, 0.5) is 0 Å². The van der Waals surface area contributed by atoms with E-state index in [2.05, 4.69) is 46.6 Å². The predicted molar refractivity (Wildman–Crippen MR) is 72.9 cm³/mol. The van der Waals surface area contributed by atoms with Gasteiger partial charge in [-0.1, -0.05) is 42.4 Å². The molecule has 1 aromatic carbocycles. The normalized spacial score (nSPS) is 17.1. The van der Waals surface area contributed by atoms with E-state index in [1.165, 1.54) is 5.56 Å². The molecule has 100 valence electrons. The van der Waals surface area contributed by atoms with E-state index >= 15 is 0 Å². The van der Waals surface area contributed by atoms with Crippen molar-refractivity contribution in [1.29, 1.82) is 0 Å². The van der Waals surface area contributed by atoms with Crippen LogP contribution < -0.4 is 5.32 Å². The third-order valence-electron chi connectivity index (χ3n) is 3.87. The van der Waals surface area contributed by atoms with Gasteiger partial charge in [0.1, 0.15) is 0 Å². The molecule has 1 aliphatic rings. The van der Waals surface area contributed by atoms with Gasteiger partial charge in [0.2, 0.25) is 5.89 Å². The average molecular weight is 257 g/mol. The molecular formula is C15H19N3O. The zero-order valence-electron chi connectivity index (χ0n) is 11.2. The lowest BCUT2D eigenvalue weighted by Gasteiger charge is -2.30. The van der Waals surface area contributed by atoms with Crippen LogP contribution in [0.3, 0.4) is 0 Å². The first kappa shape index (κ1) is 12.4. The zero-order valence-corrected chi connectivity index (χ0v) is 11.2. The maximum atomic E-state index is 5.38. The van der Waals surface area contributed by atoms with Gasteiger partial charge in [-0.05, 0) is 31.0 Å². The summed E-state index contributed by atoms with van der Waals surface area (Å²) in [6.45, 7) is 4.28. The molecule has 1 unspecified atom stereocenters. The van der Waals surface area contributed by atoms with Crippen LogP contribution >= 0.6 is 0 Å². The van der Waals surface area contributed by atoms with Crippen molar-refractivity contribution < 1.29 is 4.52 Å². The molecule has 1 aliphatic heterocycles. The molecule has 0 radical (unpaired) electrons. The molecule has 19 heavy (non-hydrogen) atoms. The summed E-state index contributed by atoms with van der Waals surface area (Å²) in [4.78, 5) is 4.52. The fourth-order valence-electron chi connectivity index (χ4n) is 2.32. The van der Waals surface area contributed by atoms with Crippen LogP contribution in [0.5, 0.6) is 0 Å². The van der Waals surface area contributed by atoms with Crippen molar-refractivity contribution in [2.75, 3.05) is 13.1 Å². The third-order valence-corrected chi connectivity index (χ3v) is 3.87. The fraction of sp³-hybridized carbons (Fsp3) is 0.467. The molecule has 1 fully saturated rings. The molecule has 0 spiro atoms. The molecule has 2 heterocycles. The maximum absolute atomic E-state index is 5.38. The van der Waals surface area contributed by atoms with Gasteiger partial charge in [0.25, 0.3) is 0 Å². The van der Waals surface area contributed by atoms with E-state index in [4.69, 9.17) is 4.52 Å². The molecule has 2 aromatic rings. The number of nitrogens with zero attached hydrogens (tertiary/aromatic N) is 2. The lowest BCUT2D eigenvalue weighted by Crippen LogP contribution is -2.44. The first-order chi connectivity index (χ1) is 9.33. The Labute approximate surface area is 113 Å². The minimum absolute atomic E-state index is 0.360. The Morgan fingerprint density at radius 1 is 1.26 bits per heavy atom. The second kappa shape index (κ2) is 5.53. The number of benzene rings is 1. The van der Waals surface area contributed by atoms with Gasteiger partial charge >= 0.3 is 0 Å². The Kier molecular flexibility index (Phi) is 3.60.